The first-order valence-corrected chi connectivity index (χ1v) is 9.25. The van der Waals surface area contributed by atoms with E-state index in [1.165, 1.54) is 7.11 Å². The number of ether oxygens (including phenoxy) is 3. The minimum Gasteiger partial charge on any atom is -0.497 e. The van der Waals surface area contributed by atoms with Gasteiger partial charge in [-0.1, -0.05) is 31.2 Å². The molecule has 0 aliphatic carbocycles. The van der Waals surface area contributed by atoms with Crippen LogP contribution < -0.4 is 9.47 Å². The summed E-state index contributed by atoms with van der Waals surface area (Å²) in [4.78, 5) is 25.8. The second kappa shape index (κ2) is 11.0. The molecule has 0 saturated carbocycles. The van der Waals surface area contributed by atoms with Crippen molar-refractivity contribution in [3.63, 3.8) is 0 Å². The van der Waals surface area contributed by atoms with Gasteiger partial charge in [0.2, 0.25) is 0 Å². The van der Waals surface area contributed by atoms with Gasteiger partial charge in [0.05, 0.1) is 20.6 Å². The lowest BCUT2D eigenvalue weighted by molar-refractivity contribution is -0.142. The molecule has 2 aromatic carbocycles. The Kier molecular flexibility index (Phi) is 8.34. The first kappa shape index (κ1) is 21.3. The summed E-state index contributed by atoms with van der Waals surface area (Å²) in [6.45, 7) is 2.60. The number of hydrogen-bond donors (Lipinski definition) is 0. The molecule has 1 amide bonds. The summed E-state index contributed by atoms with van der Waals surface area (Å²) in [5.41, 5.74) is 2.08. The minimum atomic E-state index is -0.357. The Morgan fingerprint density at radius 2 is 1.71 bits per heavy atom. The number of aryl methyl sites for hydroxylation is 1. The van der Waals surface area contributed by atoms with E-state index in [2.05, 4.69) is 6.92 Å². The fourth-order valence-electron chi connectivity index (χ4n) is 2.66. The summed E-state index contributed by atoms with van der Waals surface area (Å²) in [5.74, 6) is 0.853. The van der Waals surface area contributed by atoms with Crippen molar-refractivity contribution < 1.29 is 23.8 Å². The molecule has 0 fully saturated rings. The number of nitrogens with zero attached hydrogens (tertiary/aromatic N) is 1. The van der Waals surface area contributed by atoms with E-state index in [-0.39, 0.29) is 31.4 Å². The Bertz CT molecular complexity index is 773. The molecule has 0 aliphatic heterocycles. The van der Waals surface area contributed by atoms with Gasteiger partial charge in [0, 0.05) is 13.1 Å². The van der Waals surface area contributed by atoms with Crippen LogP contribution in [-0.4, -0.2) is 44.1 Å². The molecule has 0 aliphatic rings. The predicted molar refractivity (Wildman–Crippen MR) is 106 cm³/mol. The van der Waals surface area contributed by atoms with Gasteiger partial charge in [-0.25, -0.2) is 0 Å². The van der Waals surface area contributed by atoms with Crippen molar-refractivity contribution in [3.05, 3.63) is 59.7 Å². The van der Waals surface area contributed by atoms with Gasteiger partial charge in [0.15, 0.2) is 6.61 Å². The van der Waals surface area contributed by atoms with E-state index < -0.39 is 0 Å². The lowest BCUT2D eigenvalue weighted by Gasteiger charge is -2.23. The van der Waals surface area contributed by atoms with Gasteiger partial charge in [0.1, 0.15) is 11.5 Å². The van der Waals surface area contributed by atoms with E-state index in [0.717, 1.165) is 23.3 Å². The zero-order valence-corrected chi connectivity index (χ0v) is 16.6. The minimum absolute atomic E-state index is 0.0928. The van der Waals surface area contributed by atoms with Gasteiger partial charge in [-0.05, 0) is 41.8 Å². The molecule has 0 saturated heterocycles. The lowest BCUT2D eigenvalue weighted by Crippen LogP contribution is -2.36. The van der Waals surface area contributed by atoms with Crippen molar-refractivity contribution in [1.82, 2.24) is 4.90 Å². The number of carbonyl (C=O) groups excluding carboxylic acids is 2. The van der Waals surface area contributed by atoms with Crippen molar-refractivity contribution in [2.24, 2.45) is 0 Å². The maximum Gasteiger partial charge on any atom is 0.307 e. The maximum absolute atomic E-state index is 12.7. The Balaban J connectivity index is 2.03. The molecule has 0 radical (unpaired) electrons. The zero-order valence-electron chi connectivity index (χ0n) is 16.6. The summed E-state index contributed by atoms with van der Waals surface area (Å²) < 4.78 is 15.5. The standard InChI is InChI=1S/C22H27NO5/c1-4-17-6-5-7-20(14-17)28-16-21(24)23(13-12-22(25)27-3)15-18-8-10-19(26-2)11-9-18/h5-11,14H,4,12-13,15-16H2,1-3H3. The maximum atomic E-state index is 12.7. The molecule has 150 valence electrons. The number of carbonyl (C=O) groups is 2. The monoisotopic (exact) mass is 385 g/mol. The normalized spacial score (nSPS) is 10.2. The lowest BCUT2D eigenvalue weighted by atomic mass is 10.2. The molecular formula is C22H27NO5. The van der Waals surface area contributed by atoms with Crippen LogP contribution in [0.4, 0.5) is 0 Å². The molecule has 0 unspecified atom stereocenters. The number of hydrogen-bond acceptors (Lipinski definition) is 5. The van der Waals surface area contributed by atoms with Gasteiger partial charge in [0.25, 0.3) is 5.91 Å². The Morgan fingerprint density at radius 3 is 2.36 bits per heavy atom. The molecule has 0 heterocycles. The number of benzene rings is 2. The smallest absolute Gasteiger partial charge is 0.307 e. The topological polar surface area (TPSA) is 65.1 Å². The number of methoxy groups -OCH3 is 2. The number of rotatable bonds is 10. The van der Waals surface area contributed by atoms with Crippen LogP contribution in [0.25, 0.3) is 0 Å². The molecule has 2 rings (SSSR count). The van der Waals surface area contributed by atoms with Crippen LogP contribution in [0, 0.1) is 0 Å². The average molecular weight is 385 g/mol. The van der Waals surface area contributed by atoms with E-state index in [9.17, 15) is 9.59 Å². The molecular weight excluding hydrogens is 358 g/mol. The predicted octanol–water partition coefficient (Wildman–Crippen LogP) is 3.23. The van der Waals surface area contributed by atoms with Gasteiger partial charge in [-0.2, -0.15) is 0 Å². The van der Waals surface area contributed by atoms with Gasteiger partial charge in [-0.15, -0.1) is 0 Å². The van der Waals surface area contributed by atoms with Crippen LogP contribution in [0.3, 0.4) is 0 Å². The fourth-order valence-corrected chi connectivity index (χ4v) is 2.66. The van der Waals surface area contributed by atoms with Crippen LogP contribution in [0.1, 0.15) is 24.5 Å². The van der Waals surface area contributed by atoms with E-state index in [1.54, 1.807) is 12.0 Å². The van der Waals surface area contributed by atoms with Crippen molar-refractivity contribution in [2.75, 3.05) is 27.4 Å². The molecule has 6 heteroatoms. The van der Waals surface area contributed by atoms with Crippen LogP contribution in [0.15, 0.2) is 48.5 Å². The molecule has 0 spiro atoms. The Labute approximate surface area is 166 Å². The van der Waals surface area contributed by atoms with Gasteiger partial charge >= 0.3 is 5.97 Å². The van der Waals surface area contributed by atoms with Crippen LogP contribution in [-0.2, 0) is 27.3 Å². The summed E-state index contributed by atoms with van der Waals surface area (Å²) in [5, 5.41) is 0. The third-order valence-electron chi connectivity index (χ3n) is 4.37. The first-order valence-electron chi connectivity index (χ1n) is 9.25. The van der Waals surface area contributed by atoms with Crippen molar-refractivity contribution in [3.8, 4) is 11.5 Å². The van der Waals surface area contributed by atoms with E-state index >= 15 is 0 Å². The quantitative estimate of drug-likeness (QED) is 0.588. The van der Waals surface area contributed by atoms with E-state index in [4.69, 9.17) is 14.2 Å². The van der Waals surface area contributed by atoms with Crippen molar-refractivity contribution in [2.45, 2.75) is 26.3 Å². The van der Waals surface area contributed by atoms with E-state index in [0.29, 0.717) is 12.3 Å². The molecule has 0 N–H and O–H groups in total. The molecule has 0 aromatic heterocycles. The summed E-state index contributed by atoms with van der Waals surface area (Å²) in [7, 11) is 2.94. The molecule has 0 atom stereocenters. The SMILES string of the molecule is CCc1cccc(OCC(=O)N(CCC(=O)OC)Cc2ccc(OC)cc2)c1. The molecule has 2 aromatic rings. The second-order valence-corrected chi connectivity index (χ2v) is 6.28. The highest BCUT2D eigenvalue weighted by Crippen LogP contribution is 2.16. The zero-order chi connectivity index (χ0) is 20.4. The van der Waals surface area contributed by atoms with Gasteiger partial charge in [-0.3, -0.25) is 9.59 Å². The summed E-state index contributed by atoms with van der Waals surface area (Å²) in [6.07, 6.45) is 1.03. The van der Waals surface area contributed by atoms with Crippen LogP contribution in [0.5, 0.6) is 11.5 Å². The van der Waals surface area contributed by atoms with Crippen molar-refractivity contribution in [1.29, 1.82) is 0 Å². The fraction of sp³-hybridized carbons (Fsp3) is 0.364. The molecule has 6 nitrogen and oxygen atoms in total. The molecule has 28 heavy (non-hydrogen) atoms. The first-order chi connectivity index (χ1) is 13.5. The van der Waals surface area contributed by atoms with Crippen LogP contribution in [0.2, 0.25) is 0 Å². The Morgan fingerprint density at radius 1 is 0.964 bits per heavy atom. The van der Waals surface area contributed by atoms with Crippen molar-refractivity contribution >= 4 is 11.9 Å². The van der Waals surface area contributed by atoms with E-state index in [1.807, 2.05) is 48.5 Å². The highest BCUT2D eigenvalue weighted by molar-refractivity contribution is 5.78. The third-order valence-corrected chi connectivity index (χ3v) is 4.37. The number of amides is 1. The third kappa shape index (κ3) is 6.61. The summed E-state index contributed by atoms with van der Waals surface area (Å²) >= 11 is 0. The highest BCUT2D eigenvalue weighted by Gasteiger charge is 2.17. The summed E-state index contributed by atoms with van der Waals surface area (Å²) in [6, 6.07) is 15.1. The number of esters is 1. The largest absolute Gasteiger partial charge is 0.497 e. The highest BCUT2D eigenvalue weighted by atomic mass is 16.5. The van der Waals surface area contributed by atoms with Gasteiger partial charge < -0.3 is 19.1 Å². The second-order valence-electron chi connectivity index (χ2n) is 6.28. The average Bonchev–Trinajstić information content (AvgIpc) is 2.75. The van der Waals surface area contributed by atoms with Crippen LogP contribution >= 0.6 is 0 Å². The molecule has 0 bridgehead atoms. The Hall–Kier alpha value is -3.02.